The van der Waals surface area contributed by atoms with E-state index in [2.05, 4.69) is 23.7 Å². The van der Waals surface area contributed by atoms with Gasteiger partial charge in [0.05, 0.1) is 0 Å². The Morgan fingerprint density at radius 2 is 0.724 bits per heavy atom. The summed E-state index contributed by atoms with van der Waals surface area (Å²) >= 11 is 0. The molecule has 0 aromatic carbocycles. The van der Waals surface area contributed by atoms with Gasteiger partial charge in [0.1, 0.15) is 57.5 Å². The van der Waals surface area contributed by atoms with Crippen LogP contribution >= 0.6 is 0 Å². The Labute approximate surface area is 169 Å². The first-order valence-corrected chi connectivity index (χ1v) is 8.19. The maximum Gasteiger partial charge on any atom is 0.317 e. The maximum atomic E-state index is 11.6. The number of rotatable bonds is 12. The SMILES string of the molecule is C#CCC(=O)OCC(COC(=O)CC#C)(COC(=O)CC#C)COC(=O)CC#C. The number of hydrogen-bond acceptors (Lipinski definition) is 8. The van der Waals surface area contributed by atoms with Crippen LogP contribution in [0.4, 0.5) is 0 Å². The van der Waals surface area contributed by atoms with Crippen LogP contribution in [0.25, 0.3) is 0 Å². The van der Waals surface area contributed by atoms with Gasteiger partial charge in [-0.25, -0.2) is 0 Å². The number of ether oxygens (including phenoxy) is 4. The van der Waals surface area contributed by atoms with E-state index in [-0.39, 0.29) is 25.7 Å². The average Bonchev–Trinajstić information content (AvgIpc) is 2.68. The van der Waals surface area contributed by atoms with Crippen molar-refractivity contribution in [2.75, 3.05) is 26.4 Å². The predicted molar refractivity (Wildman–Crippen MR) is 100 cm³/mol. The molecule has 0 unspecified atom stereocenters. The molecule has 0 fully saturated rings. The van der Waals surface area contributed by atoms with Crippen LogP contribution in [-0.4, -0.2) is 50.3 Å². The molecule has 0 heterocycles. The Bertz CT molecular complexity index is 633. The van der Waals surface area contributed by atoms with Crippen molar-refractivity contribution < 1.29 is 38.1 Å². The zero-order valence-electron chi connectivity index (χ0n) is 15.7. The van der Waals surface area contributed by atoms with Gasteiger partial charge >= 0.3 is 23.9 Å². The molecule has 0 spiro atoms. The minimum atomic E-state index is -1.43. The van der Waals surface area contributed by atoms with E-state index >= 15 is 0 Å². The second kappa shape index (κ2) is 14.2. The summed E-state index contributed by atoms with van der Waals surface area (Å²) in [7, 11) is 0. The monoisotopic (exact) mass is 400 g/mol. The fourth-order valence-electron chi connectivity index (χ4n) is 1.72. The van der Waals surface area contributed by atoms with Gasteiger partial charge in [0.15, 0.2) is 0 Å². The van der Waals surface area contributed by atoms with E-state index in [0.29, 0.717) is 0 Å². The van der Waals surface area contributed by atoms with Crippen LogP contribution in [0, 0.1) is 54.8 Å². The zero-order chi connectivity index (χ0) is 22.1. The van der Waals surface area contributed by atoms with Crippen molar-refractivity contribution in [3.63, 3.8) is 0 Å². The fourth-order valence-corrected chi connectivity index (χ4v) is 1.72. The van der Waals surface area contributed by atoms with Crippen LogP contribution < -0.4 is 0 Å². The highest BCUT2D eigenvalue weighted by molar-refractivity contribution is 5.74. The Morgan fingerprint density at radius 3 is 0.897 bits per heavy atom. The summed E-state index contributed by atoms with van der Waals surface area (Å²) in [5, 5.41) is 0. The highest BCUT2D eigenvalue weighted by Crippen LogP contribution is 2.22. The molecule has 152 valence electrons. The minimum Gasteiger partial charge on any atom is -0.464 e. The molecule has 0 saturated heterocycles. The standard InChI is InChI=1S/C21H20O8/c1-5-9-17(22)26-13-21(14-27-18(23)10-6-2,15-28-19(24)11-7-3)16-29-20(25)12-8-4/h1-4H,9-16H2. The number of carbonyl (C=O) groups excluding carboxylic acids is 4. The van der Waals surface area contributed by atoms with Gasteiger partial charge in [0.2, 0.25) is 0 Å². The summed E-state index contributed by atoms with van der Waals surface area (Å²) in [6.07, 6.45) is 18.9. The molecule has 0 rings (SSSR count). The lowest BCUT2D eigenvalue weighted by atomic mass is 9.92. The predicted octanol–water partition coefficient (Wildman–Crippen LogP) is 0.239. The van der Waals surface area contributed by atoms with Crippen molar-refractivity contribution in [2.24, 2.45) is 5.41 Å². The van der Waals surface area contributed by atoms with E-state index < -0.39 is 55.7 Å². The molecule has 8 heteroatoms. The summed E-state index contributed by atoms with van der Waals surface area (Å²) in [6, 6.07) is 0. The second-order valence-electron chi connectivity index (χ2n) is 5.67. The van der Waals surface area contributed by atoms with Gasteiger partial charge < -0.3 is 18.9 Å². The number of hydrogen-bond donors (Lipinski definition) is 0. The fraction of sp³-hybridized carbons (Fsp3) is 0.429. The molecule has 0 atom stereocenters. The lowest BCUT2D eigenvalue weighted by Crippen LogP contribution is -2.44. The lowest BCUT2D eigenvalue weighted by molar-refractivity contribution is -0.169. The summed E-state index contributed by atoms with van der Waals surface area (Å²) < 4.78 is 20.2. The van der Waals surface area contributed by atoms with Crippen LogP contribution in [0.5, 0.6) is 0 Å². The summed E-state index contributed by atoms with van der Waals surface area (Å²) in [5.74, 6) is 5.42. The molecule has 0 saturated carbocycles. The summed E-state index contributed by atoms with van der Waals surface area (Å²) in [4.78, 5) is 46.6. The van der Waals surface area contributed by atoms with Gasteiger partial charge in [-0.3, -0.25) is 19.2 Å². The van der Waals surface area contributed by atoms with Gasteiger partial charge in [-0.2, -0.15) is 0 Å². The van der Waals surface area contributed by atoms with E-state index in [0.717, 1.165) is 0 Å². The van der Waals surface area contributed by atoms with Gasteiger partial charge in [-0.15, -0.1) is 25.7 Å². The van der Waals surface area contributed by atoms with Gasteiger partial charge in [0.25, 0.3) is 0 Å². The normalized spacial score (nSPS) is 9.52. The molecule has 0 aromatic heterocycles. The maximum absolute atomic E-state index is 11.6. The first kappa shape index (κ1) is 25.1. The summed E-state index contributed by atoms with van der Waals surface area (Å²) in [5.41, 5.74) is -1.43. The van der Waals surface area contributed by atoms with E-state index in [1.807, 2.05) is 0 Å². The van der Waals surface area contributed by atoms with Crippen molar-refractivity contribution in [1.82, 2.24) is 0 Å². The molecule has 0 aliphatic carbocycles. The molecular formula is C21H20O8. The molecule has 29 heavy (non-hydrogen) atoms. The smallest absolute Gasteiger partial charge is 0.317 e. The molecular weight excluding hydrogens is 380 g/mol. The van der Waals surface area contributed by atoms with E-state index in [9.17, 15) is 19.2 Å². The summed E-state index contributed by atoms with van der Waals surface area (Å²) in [6.45, 7) is -1.76. The topological polar surface area (TPSA) is 105 Å². The Morgan fingerprint density at radius 1 is 0.517 bits per heavy atom. The Balaban J connectivity index is 5.48. The molecule has 0 aliphatic heterocycles. The highest BCUT2D eigenvalue weighted by Gasteiger charge is 2.37. The van der Waals surface area contributed by atoms with E-state index in [1.165, 1.54) is 0 Å². The van der Waals surface area contributed by atoms with Crippen molar-refractivity contribution in [1.29, 1.82) is 0 Å². The van der Waals surface area contributed by atoms with Gasteiger partial charge in [0, 0.05) is 0 Å². The molecule has 0 amide bonds. The average molecular weight is 400 g/mol. The van der Waals surface area contributed by atoms with Gasteiger partial charge in [-0.1, -0.05) is 23.7 Å². The quantitative estimate of drug-likeness (QED) is 0.261. The highest BCUT2D eigenvalue weighted by atomic mass is 16.6. The minimum absolute atomic E-state index is 0.319. The Hall–Kier alpha value is -3.88. The molecule has 0 N–H and O–H groups in total. The van der Waals surface area contributed by atoms with Crippen molar-refractivity contribution in [3.8, 4) is 49.4 Å². The van der Waals surface area contributed by atoms with Crippen molar-refractivity contribution in [2.45, 2.75) is 25.7 Å². The lowest BCUT2D eigenvalue weighted by Gasteiger charge is -2.31. The third kappa shape index (κ3) is 11.4. The molecule has 0 aliphatic rings. The molecule has 0 bridgehead atoms. The third-order valence-corrected chi connectivity index (χ3v) is 3.14. The largest absolute Gasteiger partial charge is 0.464 e. The van der Waals surface area contributed by atoms with E-state index in [1.54, 1.807) is 0 Å². The van der Waals surface area contributed by atoms with Gasteiger partial charge in [-0.05, 0) is 0 Å². The first-order chi connectivity index (χ1) is 13.8. The number of esters is 4. The third-order valence-electron chi connectivity index (χ3n) is 3.14. The van der Waals surface area contributed by atoms with Crippen LogP contribution in [0.3, 0.4) is 0 Å². The number of carbonyl (C=O) groups is 4. The Kier molecular flexibility index (Phi) is 12.3. The van der Waals surface area contributed by atoms with Crippen LogP contribution in [0.15, 0.2) is 0 Å². The second-order valence-corrected chi connectivity index (χ2v) is 5.67. The first-order valence-electron chi connectivity index (χ1n) is 8.19. The van der Waals surface area contributed by atoms with Crippen LogP contribution in [-0.2, 0) is 38.1 Å². The van der Waals surface area contributed by atoms with Crippen LogP contribution in [0.2, 0.25) is 0 Å². The zero-order valence-corrected chi connectivity index (χ0v) is 15.7. The number of terminal acetylenes is 4. The van der Waals surface area contributed by atoms with Crippen molar-refractivity contribution in [3.05, 3.63) is 0 Å². The molecule has 8 nitrogen and oxygen atoms in total. The molecule has 0 radical (unpaired) electrons. The van der Waals surface area contributed by atoms with Crippen LogP contribution in [0.1, 0.15) is 25.7 Å². The van der Waals surface area contributed by atoms with Crippen molar-refractivity contribution >= 4 is 23.9 Å². The van der Waals surface area contributed by atoms with E-state index in [4.69, 9.17) is 44.6 Å². The molecule has 0 aromatic rings.